The molecule has 28 heavy (non-hydrogen) atoms. The van der Waals surface area contributed by atoms with Gasteiger partial charge in [0, 0.05) is 23.1 Å². The predicted octanol–water partition coefficient (Wildman–Crippen LogP) is 4.51. The van der Waals surface area contributed by atoms with Crippen LogP contribution in [0.4, 0.5) is 5.95 Å². The Morgan fingerprint density at radius 3 is 2.54 bits per heavy atom. The van der Waals surface area contributed by atoms with E-state index < -0.39 is 0 Å². The summed E-state index contributed by atoms with van der Waals surface area (Å²) in [6.45, 7) is 2.06. The first-order valence-electron chi connectivity index (χ1n) is 9.33. The van der Waals surface area contributed by atoms with Gasteiger partial charge in [0.15, 0.2) is 0 Å². The van der Waals surface area contributed by atoms with Crippen molar-refractivity contribution in [2.45, 2.75) is 25.3 Å². The fourth-order valence-corrected chi connectivity index (χ4v) is 4.32. The maximum absolute atomic E-state index is 13.3. The number of fused-ring (bicyclic) bond motifs is 2. The number of nitrogens with zero attached hydrogens (tertiary/aromatic N) is 3. The molecule has 1 aliphatic heterocycles. The molecule has 1 aliphatic carbocycles. The van der Waals surface area contributed by atoms with Crippen molar-refractivity contribution in [1.29, 1.82) is 0 Å². The van der Waals surface area contributed by atoms with Gasteiger partial charge in [-0.3, -0.25) is 4.79 Å². The number of ketones is 1. The molecule has 0 saturated heterocycles. The fraction of sp³-hybridized carbons (Fsp3) is 0.227. The zero-order chi connectivity index (χ0) is 19.3. The standard InChI is InChI=1S/C22H19ClN4O/c1-13-2-4-15(5-3-13)21-20-18(26-22-24-12-25-27(21)22)10-16(11-19(20)28)14-6-8-17(23)9-7-14/h2-10,12,16,20-21H,11H2,1H3,(H,24,25,26)/t16-,20-,21+/m0/s1. The van der Waals surface area contributed by atoms with E-state index in [9.17, 15) is 4.79 Å². The smallest absolute Gasteiger partial charge is 0.226 e. The lowest BCUT2D eigenvalue weighted by molar-refractivity contribution is -0.123. The molecular formula is C22H19ClN4O. The van der Waals surface area contributed by atoms with Gasteiger partial charge in [0.25, 0.3) is 0 Å². The van der Waals surface area contributed by atoms with Gasteiger partial charge in [0.05, 0.1) is 12.0 Å². The average molecular weight is 391 g/mol. The molecule has 0 radical (unpaired) electrons. The Balaban J connectivity index is 1.60. The first-order valence-corrected chi connectivity index (χ1v) is 9.71. The van der Waals surface area contributed by atoms with Crippen LogP contribution in [0.2, 0.25) is 5.02 Å². The molecule has 1 aromatic heterocycles. The number of nitrogens with one attached hydrogen (secondary N) is 1. The van der Waals surface area contributed by atoms with Crippen LogP contribution in [0.25, 0.3) is 0 Å². The lowest BCUT2D eigenvalue weighted by atomic mass is 9.75. The van der Waals surface area contributed by atoms with Crippen molar-refractivity contribution in [2.75, 3.05) is 5.32 Å². The highest BCUT2D eigenvalue weighted by Crippen LogP contribution is 2.44. The lowest BCUT2D eigenvalue weighted by Crippen LogP contribution is -2.40. The summed E-state index contributed by atoms with van der Waals surface area (Å²) in [7, 11) is 0. The summed E-state index contributed by atoms with van der Waals surface area (Å²) in [6.07, 6.45) is 4.15. The number of halogens is 1. The summed E-state index contributed by atoms with van der Waals surface area (Å²) in [5, 5.41) is 8.43. The van der Waals surface area contributed by atoms with Crippen LogP contribution in [0.3, 0.4) is 0 Å². The summed E-state index contributed by atoms with van der Waals surface area (Å²) in [4.78, 5) is 17.6. The van der Waals surface area contributed by atoms with Gasteiger partial charge < -0.3 is 5.32 Å². The zero-order valence-electron chi connectivity index (χ0n) is 15.3. The molecule has 3 aromatic rings. The summed E-state index contributed by atoms with van der Waals surface area (Å²) < 4.78 is 1.83. The minimum absolute atomic E-state index is 0.0247. The van der Waals surface area contributed by atoms with Crippen molar-refractivity contribution >= 4 is 23.3 Å². The van der Waals surface area contributed by atoms with Gasteiger partial charge in [-0.2, -0.15) is 10.1 Å². The second-order valence-electron chi connectivity index (χ2n) is 7.44. The highest BCUT2D eigenvalue weighted by molar-refractivity contribution is 6.30. The molecule has 0 spiro atoms. The first-order chi connectivity index (χ1) is 13.6. The number of aromatic nitrogens is 3. The number of hydrogen-bond acceptors (Lipinski definition) is 4. The van der Waals surface area contributed by atoms with E-state index in [1.807, 2.05) is 28.9 Å². The Morgan fingerprint density at radius 1 is 1.07 bits per heavy atom. The summed E-state index contributed by atoms with van der Waals surface area (Å²) in [5.74, 6) is 0.603. The SMILES string of the molecule is Cc1ccc([C@@H]2[C@@H]3C(=O)C[C@@H](c4ccc(Cl)cc4)C=C3Nc3ncnn32)cc1. The van der Waals surface area contributed by atoms with E-state index in [4.69, 9.17) is 11.6 Å². The maximum Gasteiger partial charge on any atom is 0.226 e. The summed E-state index contributed by atoms with van der Waals surface area (Å²) in [6, 6.07) is 15.8. The molecule has 3 atom stereocenters. The molecule has 140 valence electrons. The van der Waals surface area contributed by atoms with E-state index in [2.05, 4.69) is 52.7 Å². The van der Waals surface area contributed by atoms with E-state index in [1.54, 1.807) is 0 Å². The van der Waals surface area contributed by atoms with E-state index in [-0.39, 0.29) is 23.7 Å². The topological polar surface area (TPSA) is 59.8 Å². The zero-order valence-corrected chi connectivity index (χ0v) is 16.1. The highest BCUT2D eigenvalue weighted by Gasteiger charge is 2.43. The first kappa shape index (κ1) is 17.2. The molecule has 0 fully saturated rings. The van der Waals surface area contributed by atoms with Crippen molar-refractivity contribution in [3.63, 3.8) is 0 Å². The van der Waals surface area contributed by atoms with Gasteiger partial charge >= 0.3 is 0 Å². The van der Waals surface area contributed by atoms with Gasteiger partial charge in [0.2, 0.25) is 5.95 Å². The quantitative estimate of drug-likeness (QED) is 0.699. The average Bonchev–Trinajstić information content (AvgIpc) is 3.16. The van der Waals surface area contributed by atoms with Gasteiger partial charge in [-0.25, -0.2) is 4.68 Å². The molecule has 5 nitrogen and oxygen atoms in total. The van der Waals surface area contributed by atoms with Crippen molar-refractivity contribution < 1.29 is 4.79 Å². The van der Waals surface area contributed by atoms with Crippen LogP contribution in [0.5, 0.6) is 0 Å². The third-order valence-corrected chi connectivity index (χ3v) is 5.86. The monoisotopic (exact) mass is 390 g/mol. The van der Waals surface area contributed by atoms with Crippen LogP contribution in [0, 0.1) is 12.8 Å². The number of rotatable bonds is 2. The molecule has 1 N–H and O–H groups in total. The Bertz CT molecular complexity index is 1070. The van der Waals surface area contributed by atoms with Crippen molar-refractivity contribution in [1.82, 2.24) is 14.8 Å². The van der Waals surface area contributed by atoms with Crippen LogP contribution in [0.15, 0.2) is 66.6 Å². The minimum Gasteiger partial charge on any atom is -0.328 e. The Hall–Kier alpha value is -2.92. The van der Waals surface area contributed by atoms with Gasteiger partial charge in [0.1, 0.15) is 12.1 Å². The highest BCUT2D eigenvalue weighted by atomic mass is 35.5. The van der Waals surface area contributed by atoms with Crippen LogP contribution in [-0.4, -0.2) is 20.5 Å². The number of aryl methyl sites for hydroxylation is 1. The van der Waals surface area contributed by atoms with Crippen molar-refractivity contribution in [3.8, 4) is 0 Å². The Morgan fingerprint density at radius 2 is 1.79 bits per heavy atom. The van der Waals surface area contributed by atoms with Crippen molar-refractivity contribution in [2.24, 2.45) is 5.92 Å². The normalized spacial score (nSPS) is 23.4. The fourth-order valence-electron chi connectivity index (χ4n) is 4.20. The van der Waals surface area contributed by atoms with Crippen molar-refractivity contribution in [3.05, 3.63) is 88.3 Å². The molecular weight excluding hydrogens is 372 g/mol. The molecule has 2 aliphatic rings. The number of anilines is 1. The van der Waals surface area contributed by atoms with E-state index in [0.29, 0.717) is 17.4 Å². The predicted molar refractivity (Wildman–Crippen MR) is 108 cm³/mol. The molecule has 0 unspecified atom stereocenters. The number of carbonyl (C=O) groups is 1. The Labute approximate surface area is 168 Å². The number of benzene rings is 2. The molecule has 0 bridgehead atoms. The largest absolute Gasteiger partial charge is 0.328 e. The number of Topliss-reactive ketones (excluding diaryl/α,β-unsaturated/α-hetero) is 1. The third kappa shape index (κ3) is 2.83. The summed E-state index contributed by atoms with van der Waals surface area (Å²) >= 11 is 6.02. The number of carbonyl (C=O) groups excluding carboxylic acids is 1. The van der Waals surface area contributed by atoms with E-state index in [1.165, 1.54) is 11.9 Å². The third-order valence-electron chi connectivity index (χ3n) is 5.61. The molecule has 0 saturated carbocycles. The lowest BCUT2D eigenvalue weighted by Gasteiger charge is -2.38. The maximum atomic E-state index is 13.3. The van der Waals surface area contributed by atoms with E-state index in [0.717, 1.165) is 16.8 Å². The van der Waals surface area contributed by atoms with Gasteiger partial charge in [-0.1, -0.05) is 59.6 Å². The summed E-state index contributed by atoms with van der Waals surface area (Å²) in [5.41, 5.74) is 4.24. The molecule has 5 rings (SSSR count). The van der Waals surface area contributed by atoms with Gasteiger partial charge in [-0.05, 0) is 30.2 Å². The second kappa shape index (κ2) is 6.60. The number of allylic oxidation sites excluding steroid dienone is 2. The Kier molecular flexibility index (Phi) is 4.05. The van der Waals surface area contributed by atoms with E-state index >= 15 is 0 Å². The second-order valence-corrected chi connectivity index (χ2v) is 7.87. The number of hydrogen-bond donors (Lipinski definition) is 1. The molecule has 2 aromatic carbocycles. The van der Waals surface area contributed by atoms with Crippen LogP contribution >= 0.6 is 11.6 Å². The van der Waals surface area contributed by atoms with Gasteiger partial charge in [-0.15, -0.1) is 0 Å². The molecule has 6 heteroatoms. The van der Waals surface area contributed by atoms with Crippen LogP contribution in [-0.2, 0) is 4.79 Å². The van der Waals surface area contributed by atoms with Crippen LogP contribution in [0.1, 0.15) is 35.1 Å². The van der Waals surface area contributed by atoms with Crippen LogP contribution < -0.4 is 5.32 Å². The minimum atomic E-state index is -0.291. The molecule has 2 heterocycles. The molecule has 0 amide bonds.